The van der Waals surface area contributed by atoms with E-state index in [4.69, 9.17) is 0 Å². The van der Waals surface area contributed by atoms with Gasteiger partial charge in [0.1, 0.15) is 0 Å². The molecule has 0 aliphatic heterocycles. The summed E-state index contributed by atoms with van der Waals surface area (Å²) in [5.41, 5.74) is 0.573. The van der Waals surface area contributed by atoms with Gasteiger partial charge in [-0.15, -0.1) is 11.3 Å². The first-order chi connectivity index (χ1) is 8.74. The second kappa shape index (κ2) is 4.32. The maximum absolute atomic E-state index is 3.80. The Morgan fingerprint density at radius 3 is 2.72 bits per heavy atom. The number of hydrogen-bond donors (Lipinski definition) is 1. The van der Waals surface area contributed by atoms with Gasteiger partial charge in [-0.3, -0.25) is 0 Å². The minimum atomic E-state index is 0.573. The monoisotopic (exact) mass is 325 g/mol. The molecule has 0 saturated heterocycles. The lowest BCUT2D eigenvalue weighted by atomic mass is 9.79. The van der Waals surface area contributed by atoms with Gasteiger partial charge in [-0.1, -0.05) is 0 Å². The van der Waals surface area contributed by atoms with E-state index in [1.165, 1.54) is 49.5 Å². The molecule has 3 fully saturated rings. The van der Waals surface area contributed by atoms with Gasteiger partial charge in [-0.05, 0) is 83.2 Å². The smallest absolute Gasteiger partial charge is 0.0314 e. The molecule has 98 valence electrons. The fraction of sp³-hybridized carbons (Fsp3) is 0.733. The molecule has 1 N–H and O–H groups in total. The summed E-state index contributed by atoms with van der Waals surface area (Å²) >= 11 is 5.63. The second-order valence-corrected chi connectivity index (χ2v) is 8.54. The van der Waals surface area contributed by atoms with E-state index in [-0.39, 0.29) is 0 Å². The summed E-state index contributed by atoms with van der Waals surface area (Å²) in [7, 11) is 0. The van der Waals surface area contributed by atoms with E-state index in [0.29, 0.717) is 5.41 Å². The van der Waals surface area contributed by atoms with Crippen molar-refractivity contribution in [3.63, 3.8) is 0 Å². The molecule has 1 nitrogen and oxygen atoms in total. The Morgan fingerprint density at radius 1 is 1.33 bits per heavy atom. The summed E-state index contributed by atoms with van der Waals surface area (Å²) in [6.45, 7) is 1.26. The zero-order valence-electron chi connectivity index (χ0n) is 10.6. The van der Waals surface area contributed by atoms with E-state index in [2.05, 4.69) is 32.7 Å². The quantitative estimate of drug-likeness (QED) is 0.854. The molecule has 0 radical (unpaired) electrons. The number of hydrogen-bond acceptors (Lipinski definition) is 2. The molecule has 0 bridgehead atoms. The molecule has 3 aliphatic carbocycles. The highest BCUT2D eigenvalue weighted by molar-refractivity contribution is 9.10. The first-order valence-corrected chi connectivity index (χ1v) is 8.87. The van der Waals surface area contributed by atoms with E-state index < -0.39 is 0 Å². The standard InChI is InChI=1S/C15H20BrNS/c16-13-3-4-18-14(13)8-15(9-17-12-1-2-12)6-10-5-11(10)7-15/h3-4,10-12,17H,1-2,5-9H2. The minimum Gasteiger partial charge on any atom is -0.313 e. The molecule has 3 aliphatic rings. The highest BCUT2D eigenvalue weighted by Gasteiger charge is 2.53. The van der Waals surface area contributed by atoms with Gasteiger partial charge >= 0.3 is 0 Å². The second-order valence-electron chi connectivity index (χ2n) is 6.69. The SMILES string of the molecule is Brc1ccsc1CC1(CNC2CC2)CC2CC2C1. The molecule has 2 unspecified atom stereocenters. The normalized spacial score (nSPS) is 37.8. The number of halogens is 1. The van der Waals surface area contributed by atoms with Gasteiger partial charge in [0.25, 0.3) is 0 Å². The molecule has 3 saturated carbocycles. The number of rotatable bonds is 5. The lowest BCUT2D eigenvalue weighted by Crippen LogP contribution is -2.36. The highest BCUT2D eigenvalue weighted by Crippen LogP contribution is 2.61. The Labute approximate surface area is 121 Å². The Hall–Kier alpha value is 0.140. The first-order valence-electron chi connectivity index (χ1n) is 7.19. The van der Waals surface area contributed by atoms with Crippen molar-refractivity contribution in [2.24, 2.45) is 17.3 Å². The van der Waals surface area contributed by atoms with Crippen molar-refractivity contribution >= 4 is 27.3 Å². The van der Waals surface area contributed by atoms with Crippen LogP contribution in [0.25, 0.3) is 0 Å². The van der Waals surface area contributed by atoms with Crippen LogP contribution in [-0.2, 0) is 6.42 Å². The maximum atomic E-state index is 3.80. The zero-order chi connectivity index (χ0) is 12.2. The van der Waals surface area contributed by atoms with Crippen LogP contribution >= 0.6 is 27.3 Å². The Morgan fingerprint density at radius 2 is 2.11 bits per heavy atom. The average molecular weight is 326 g/mol. The summed E-state index contributed by atoms with van der Waals surface area (Å²) in [6.07, 6.45) is 8.58. The highest BCUT2D eigenvalue weighted by atomic mass is 79.9. The van der Waals surface area contributed by atoms with Crippen LogP contribution in [-0.4, -0.2) is 12.6 Å². The predicted molar refractivity (Wildman–Crippen MR) is 80.0 cm³/mol. The lowest BCUT2D eigenvalue weighted by Gasteiger charge is -2.31. The molecule has 1 heterocycles. The molecular weight excluding hydrogens is 306 g/mol. The largest absolute Gasteiger partial charge is 0.313 e. The van der Waals surface area contributed by atoms with Crippen molar-refractivity contribution in [2.75, 3.05) is 6.54 Å². The molecule has 18 heavy (non-hydrogen) atoms. The summed E-state index contributed by atoms with van der Waals surface area (Å²) in [5, 5.41) is 6.02. The van der Waals surface area contributed by atoms with Crippen LogP contribution in [0.1, 0.15) is 37.0 Å². The van der Waals surface area contributed by atoms with Crippen molar-refractivity contribution in [3.8, 4) is 0 Å². The van der Waals surface area contributed by atoms with E-state index in [0.717, 1.165) is 17.9 Å². The van der Waals surface area contributed by atoms with Crippen molar-refractivity contribution in [1.82, 2.24) is 5.32 Å². The number of fused-ring (bicyclic) bond motifs is 1. The van der Waals surface area contributed by atoms with E-state index in [1.54, 1.807) is 4.88 Å². The summed E-state index contributed by atoms with van der Waals surface area (Å²) in [5.74, 6) is 2.15. The zero-order valence-corrected chi connectivity index (χ0v) is 13.0. The van der Waals surface area contributed by atoms with Crippen molar-refractivity contribution in [1.29, 1.82) is 0 Å². The third kappa shape index (κ3) is 2.30. The van der Waals surface area contributed by atoms with Gasteiger partial charge in [0.05, 0.1) is 0 Å². The molecule has 0 spiro atoms. The van der Waals surface area contributed by atoms with Gasteiger partial charge in [0.15, 0.2) is 0 Å². The molecule has 0 aromatic carbocycles. The molecule has 1 aromatic heterocycles. The first kappa shape index (κ1) is 11.9. The van der Waals surface area contributed by atoms with Gasteiger partial charge in [-0.2, -0.15) is 0 Å². The van der Waals surface area contributed by atoms with Crippen LogP contribution in [0, 0.1) is 17.3 Å². The third-order valence-corrected chi connectivity index (χ3v) is 6.96. The van der Waals surface area contributed by atoms with Gasteiger partial charge in [0.2, 0.25) is 0 Å². The molecule has 0 amide bonds. The summed E-state index contributed by atoms with van der Waals surface area (Å²) < 4.78 is 1.33. The van der Waals surface area contributed by atoms with Crippen LogP contribution < -0.4 is 5.32 Å². The van der Waals surface area contributed by atoms with Gasteiger partial charge in [0, 0.05) is 21.9 Å². The Bertz CT molecular complexity index is 441. The predicted octanol–water partition coefficient (Wildman–Crippen LogP) is 4.22. The van der Waals surface area contributed by atoms with E-state index in [1.807, 2.05) is 11.3 Å². The molecule has 2 atom stereocenters. The summed E-state index contributed by atoms with van der Waals surface area (Å²) in [4.78, 5) is 1.56. The molecular formula is C15H20BrNS. The van der Waals surface area contributed by atoms with Crippen molar-refractivity contribution < 1.29 is 0 Å². The van der Waals surface area contributed by atoms with E-state index >= 15 is 0 Å². The van der Waals surface area contributed by atoms with Gasteiger partial charge in [-0.25, -0.2) is 0 Å². The topological polar surface area (TPSA) is 12.0 Å². The van der Waals surface area contributed by atoms with E-state index in [9.17, 15) is 0 Å². The lowest BCUT2D eigenvalue weighted by molar-refractivity contribution is 0.249. The molecule has 4 rings (SSSR count). The Balaban J connectivity index is 1.49. The van der Waals surface area contributed by atoms with Crippen molar-refractivity contribution in [3.05, 3.63) is 20.8 Å². The molecule has 3 heteroatoms. The van der Waals surface area contributed by atoms with Crippen molar-refractivity contribution in [2.45, 2.75) is 44.6 Å². The van der Waals surface area contributed by atoms with Crippen LogP contribution in [0.2, 0.25) is 0 Å². The average Bonchev–Trinajstić information content (AvgIpc) is 3.25. The fourth-order valence-electron chi connectivity index (χ4n) is 3.80. The van der Waals surface area contributed by atoms with Crippen LogP contribution in [0.15, 0.2) is 15.9 Å². The molecule has 1 aromatic rings. The number of thiophene rings is 1. The minimum absolute atomic E-state index is 0.573. The van der Waals surface area contributed by atoms with Crippen LogP contribution in [0.3, 0.4) is 0 Å². The number of nitrogens with one attached hydrogen (secondary N) is 1. The fourth-order valence-corrected chi connectivity index (χ4v) is 5.46. The summed E-state index contributed by atoms with van der Waals surface area (Å²) in [6, 6.07) is 3.06. The maximum Gasteiger partial charge on any atom is 0.0314 e. The van der Waals surface area contributed by atoms with Gasteiger partial charge < -0.3 is 5.32 Å². The van der Waals surface area contributed by atoms with Crippen LogP contribution in [0.4, 0.5) is 0 Å². The Kier molecular flexibility index (Phi) is 2.86. The third-order valence-electron chi connectivity index (χ3n) is 5.03. The van der Waals surface area contributed by atoms with Crippen LogP contribution in [0.5, 0.6) is 0 Å².